The van der Waals surface area contributed by atoms with Crippen molar-refractivity contribution in [3.05, 3.63) is 11.9 Å². The highest BCUT2D eigenvalue weighted by Gasteiger charge is 2.04. The van der Waals surface area contributed by atoms with Crippen molar-refractivity contribution in [2.75, 3.05) is 24.8 Å². The summed E-state index contributed by atoms with van der Waals surface area (Å²) in [4.78, 5) is 8.59. The van der Waals surface area contributed by atoms with Crippen LogP contribution in [0, 0.1) is 0 Å². The van der Waals surface area contributed by atoms with E-state index >= 15 is 0 Å². The summed E-state index contributed by atoms with van der Waals surface area (Å²) < 4.78 is 5.01. The van der Waals surface area contributed by atoms with Crippen molar-refractivity contribution < 1.29 is 4.74 Å². The molecule has 1 aromatic rings. The standard InChI is InChI=1S/C10H18N4O/c1-7(2)12-9-5-8(11-3)13-10(14-9)6-15-4/h5,7H,6H2,1-4H3,(H2,11,12,13,14). The van der Waals surface area contributed by atoms with E-state index in [1.165, 1.54) is 0 Å². The number of hydrogen-bond donors (Lipinski definition) is 2. The van der Waals surface area contributed by atoms with Crippen LogP contribution in [0.5, 0.6) is 0 Å². The van der Waals surface area contributed by atoms with Crippen molar-refractivity contribution in [1.29, 1.82) is 0 Å². The molecule has 84 valence electrons. The molecule has 2 N–H and O–H groups in total. The molecule has 0 bridgehead atoms. The van der Waals surface area contributed by atoms with E-state index in [0.29, 0.717) is 18.5 Å². The smallest absolute Gasteiger partial charge is 0.158 e. The number of nitrogens with zero attached hydrogens (tertiary/aromatic N) is 2. The summed E-state index contributed by atoms with van der Waals surface area (Å²) in [5.41, 5.74) is 0. The van der Waals surface area contributed by atoms with Crippen molar-refractivity contribution >= 4 is 11.6 Å². The van der Waals surface area contributed by atoms with Gasteiger partial charge in [-0.15, -0.1) is 0 Å². The molecule has 0 aromatic carbocycles. The van der Waals surface area contributed by atoms with Gasteiger partial charge < -0.3 is 15.4 Å². The lowest BCUT2D eigenvalue weighted by atomic mass is 10.4. The molecule has 5 nitrogen and oxygen atoms in total. The Labute approximate surface area is 90.3 Å². The fourth-order valence-electron chi connectivity index (χ4n) is 1.19. The first kappa shape index (κ1) is 11.7. The zero-order valence-corrected chi connectivity index (χ0v) is 9.66. The molecule has 0 saturated heterocycles. The predicted molar refractivity (Wildman–Crippen MR) is 61.1 cm³/mol. The minimum Gasteiger partial charge on any atom is -0.377 e. The summed E-state index contributed by atoms with van der Waals surface area (Å²) in [7, 11) is 3.46. The number of hydrogen-bond acceptors (Lipinski definition) is 5. The Bertz CT molecular complexity index is 314. The molecule has 0 amide bonds. The molecule has 0 saturated carbocycles. The highest BCUT2D eigenvalue weighted by atomic mass is 16.5. The summed E-state index contributed by atoms with van der Waals surface area (Å²) in [6, 6.07) is 2.22. The van der Waals surface area contributed by atoms with Gasteiger partial charge in [0.1, 0.15) is 18.2 Å². The first-order chi connectivity index (χ1) is 7.15. The van der Waals surface area contributed by atoms with Gasteiger partial charge in [-0.3, -0.25) is 0 Å². The molecule has 0 aliphatic carbocycles. The van der Waals surface area contributed by atoms with Gasteiger partial charge in [-0.25, -0.2) is 9.97 Å². The van der Waals surface area contributed by atoms with E-state index in [1.54, 1.807) is 7.11 Å². The molecule has 0 spiro atoms. The number of aromatic nitrogens is 2. The average molecular weight is 210 g/mol. The van der Waals surface area contributed by atoms with Crippen LogP contribution in [0.25, 0.3) is 0 Å². The van der Waals surface area contributed by atoms with Crippen molar-refractivity contribution in [2.24, 2.45) is 0 Å². The van der Waals surface area contributed by atoms with Crippen LogP contribution in [-0.2, 0) is 11.3 Å². The van der Waals surface area contributed by atoms with Crippen LogP contribution in [0.15, 0.2) is 6.07 Å². The van der Waals surface area contributed by atoms with Crippen LogP contribution in [0.4, 0.5) is 11.6 Å². The highest BCUT2D eigenvalue weighted by Crippen LogP contribution is 2.12. The van der Waals surface area contributed by atoms with E-state index in [0.717, 1.165) is 11.6 Å². The van der Waals surface area contributed by atoms with Gasteiger partial charge in [0.25, 0.3) is 0 Å². The second-order valence-electron chi connectivity index (χ2n) is 3.54. The summed E-state index contributed by atoms with van der Waals surface area (Å²) in [5, 5.41) is 6.22. The van der Waals surface area contributed by atoms with Crippen molar-refractivity contribution in [3.63, 3.8) is 0 Å². The molecule has 0 aliphatic heterocycles. The Balaban J connectivity index is 2.89. The van der Waals surface area contributed by atoms with Gasteiger partial charge in [0.05, 0.1) is 0 Å². The van der Waals surface area contributed by atoms with Gasteiger partial charge in [0, 0.05) is 26.3 Å². The molecule has 0 fully saturated rings. The third-order valence-corrected chi connectivity index (χ3v) is 1.74. The SMILES string of the molecule is CNc1cc(NC(C)C)nc(COC)n1. The molecule has 0 radical (unpaired) electrons. The van der Waals surface area contributed by atoms with E-state index < -0.39 is 0 Å². The minimum absolute atomic E-state index is 0.347. The fourth-order valence-corrected chi connectivity index (χ4v) is 1.19. The van der Waals surface area contributed by atoms with Crippen LogP contribution < -0.4 is 10.6 Å². The van der Waals surface area contributed by atoms with Gasteiger partial charge in [0.15, 0.2) is 5.82 Å². The van der Waals surface area contributed by atoms with E-state index in [9.17, 15) is 0 Å². The second-order valence-corrected chi connectivity index (χ2v) is 3.54. The lowest BCUT2D eigenvalue weighted by Gasteiger charge is -2.11. The first-order valence-electron chi connectivity index (χ1n) is 4.97. The van der Waals surface area contributed by atoms with E-state index in [-0.39, 0.29) is 0 Å². The zero-order valence-electron chi connectivity index (χ0n) is 9.66. The summed E-state index contributed by atoms with van der Waals surface area (Å²) >= 11 is 0. The molecular formula is C10H18N4O. The minimum atomic E-state index is 0.347. The molecule has 0 unspecified atom stereocenters. The van der Waals surface area contributed by atoms with E-state index in [1.807, 2.05) is 13.1 Å². The normalized spacial score (nSPS) is 10.5. The van der Waals surface area contributed by atoms with Crippen molar-refractivity contribution in [3.8, 4) is 0 Å². The Hall–Kier alpha value is -1.36. The van der Waals surface area contributed by atoms with Crippen LogP contribution in [-0.4, -0.2) is 30.2 Å². The second kappa shape index (κ2) is 5.50. The third-order valence-electron chi connectivity index (χ3n) is 1.74. The fraction of sp³-hybridized carbons (Fsp3) is 0.600. The Morgan fingerprint density at radius 2 is 2.00 bits per heavy atom. The lowest BCUT2D eigenvalue weighted by Crippen LogP contribution is -2.13. The summed E-state index contributed by atoms with van der Waals surface area (Å²) in [6.45, 7) is 4.55. The molecule has 1 heterocycles. The predicted octanol–water partition coefficient (Wildman–Crippen LogP) is 1.48. The third kappa shape index (κ3) is 3.71. The number of ether oxygens (including phenoxy) is 1. The van der Waals surface area contributed by atoms with Gasteiger partial charge in [-0.05, 0) is 13.8 Å². The number of nitrogens with one attached hydrogen (secondary N) is 2. The van der Waals surface area contributed by atoms with Gasteiger partial charge >= 0.3 is 0 Å². The van der Waals surface area contributed by atoms with E-state index in [4.69, 9.17) is 4.74 Å². The average Bonchev–Trinajstić information content (AvgIpc) is 2.16. The Morgan fingerprint density at radius 3 is 2.53 bits per heavy atom. The van der Waals surface area contributed by atoms with Gasteiger partial charge in [0.2, 0.25) is 0 Å². The highest BCUT2D eigenvalue weighted by molar-refractivity contribution is 5.47. The maximum Gasteiger partial charge on any atom is 0.158 e. The maximum absolute atomic E-state index is 5.01. The molecule has 0 atom stereocenters. The van der Waals surface area contributed by atoms with Gasteiger partial charge in [-0.1, -0.05) is 0 Å². The van der Waals surface area contributed by atoms with Gasteiger partial charge in [-0.2, -0.15) is 0 Å². The van der Waals surface area contributed by atoms with Crippen LogP contribution in [0.1, 0.15) is 19.7 Å². The number of rotatable bonds is 5. The molecular weight excluding hydrogens is 192 g/mol. The monoisotopic (exact) mass is 210 g/mol. The topological polar surface area (TPSA) is 59.1 Å². The summed E-state index contributed by atoms with van der Waals surface area (Å²) in [5.74, 6) is 2.28. The Kier molecular flexibility index (Phi) is 4.30. The zero-order chi connectivity index (χ0) is 11.3. The van der Waals surface area contributed by atoms with Crippen LogP contribution in [0.2, 0.25) is 0 Å². The maximum atomic E-state index is 5.01. The molecule has 0 aliphatic rings. The first-order valence-corrected chi connectivity index (χ1v) is 4.97. The largest absolute Gasteiger partial charge is 0.377 e. The number of anilines is 2. The molecule has 15 heavy (non-hydrogen) atoms. The molecule has 1 aromatic heterocycles. The van der Waals surface area contributed by atoms with Crippen molar-refractivity contribution in [2.45, 2.75) is 26.5 Å². The van der Waals surface area contributed by atoms with E-state index in [2.05, 4.69) is 34.4 Å². The molecule has 5 heteroatoms. The Morgan fingerprint density at radius 1 is 1.33 bits per heavy atom. The van der Waals surface area contributed by atoms with Crippen LogP contribution >= 0.6 is 0 Å². The number of methoxy groups -OCH3 is 1. The quantitative estimate of drug-likeness (QED) is 0.771. The van der Waals surface area contributed by atoms with Crippen LogP contribution in [0.3, 0.4) is 0 Å². The lowest BCUT2D eigenvalue weighted by molar-refractivity contribution is 0.178. The summed E-state index contributed by atoms with van der Waals surface area (Å²) in [6.07, 6.45) is 0. The van der Waals surface area contributed by atoms with Crippen molar-refractivity contribution in [1.82, 2.24) is 9.97 Å². The molecule has 1 rings (SSSR count).